The Bertz CT molecular complexity index is 714. The molecule has 0 saturated heterocycles. The number of carbonyl (C=O) groups is 1. The highest BCUT2D eigenvalue weighted by molar-refractivity contribution is 6.75. The quantitative estimate of drug-likeness (QED) is 0.570. The van der Waals surface area contributed by atoms with E-state index in [1.54, 1.807) is 0 Å². The first kappa shape index (κ1) is 19.6. The standard InChI is InChI=1S/C8H2Cl8N6O/c9-6(10,8(14,15)16)4-3(7(11,12)13)18-20-22(4)5(23)21-2-1-17-19-21/h1-2H. The van der Waals surface area contributed by atoms with Crippen LogP contribution in [0.3, 0.4) is 0 Å². The number of aromatic nitrogens is 6. The second-order valence-electron chi connectivity index (χ2n) is 3.90. The molecule has 126 valence electrons. The molecule has 2 aromatic heterocycles. The topological polar surface area (TPSA) is 78.5 Å². The van der Waals surface area contributed by atoms with Crippen molar-refractivity contribution in [1.82, 2.24) is 30.0 Å². The van der Waals surface area contributed by atoms with E-state index in [2.05, 4.69) is 20.6 Å². The minimum Gasteiger partial charge on any atom is -0.243 e. The summed E-state index contributed by atoms with van der Waals surface area (Å²) in [4.78, 5) is 12.4. The minimum atomic E-state index is -2.34. The number of hydrogen-bond acceptors (Lipinski definition) is 5. The van der Waals surface area contributed by atoms with E-state index in [0.29, 0.717) is 4.68 Å². The highest BCUT2D eigenvalue weighted by Crippen LogP contribution is 2.55. The fourth-order valence-corrected chi connectivity index (χ4v) is 2.42. The zero-order chi connectivity index (χ0) is 17.6. The van der Waals surface area contributed by atoms with Gasteiger partial charge in [-0.3, -0.25) is 0 Å². The Hall–Kier alpha value is 0.270. The van der Waals surface area contributed by atoms with Crippen LogP contribution in [0.2, 0.25) is 0 Å². The highest BCUT2D eigenvalue weighted by atomic mass is 35.6. The maximum atomic E-state index is 12.4. The summed E-state index contributed by atoms with van der Waals surface area (Å²) in [5.41, 5.74) is -0.839. The average molecular weight is 482 g/mol. The van der Waals surface area contributed by atoms with Gasteiger partial charge in [0.15, 0.2) is 0 Å². The first-order valence-electron chi connectivity index (χ1n) is 5.26. The van der Waals surface area contributed by atoms with Crippen LogP contribution in [0, 0.1) is 0 Å². The normalized spacial score (nSPS) is 13.4. The lowest BCUT2D eigenvalue weighted by Crippen LogP contribution is -2.36. The summed E-state index contributed by atoms with van der Waals surface area (Å²) in [6, 6.07) is -0.898. The summed E-state index contributed by atoms with van der Waals surface area (Å²) in [5, 5.41) is 14.1. The van der Waals surface area contributed by atoms with Crippen LogP contribution >= 0.6 is 92.8 Å². The Morgan fingerprint density at radius 3 is 2.04 bits per heavy atom. The summed E-state index contributed by atoms with van der Waals surface area (Å²) in [5.74, 6) is 0. The van der Waals surface area contributed by atoms with Gasteiger partial charge in [0.25, 0.3) is 0 Å². The lowest BCUT2D eigenvalue weighted by molar-refractivity contribution is 0.236. The molecule has 2 rings (SSSR count). The van der Waals surface area contributed by atoms with Crippen LogP contribution in [0.15, 0.2) is 12.4 Å². The Morgan fingerprint density at radius 1 is 1.00 bits per heavy atom. The third kappa shape index (κ3) is 3.77. The van der Waals surface area contributed by atoms with Crippen molar-refractivity contribution in [2.75, 3.05) is 0 Å². The average Bonchev–Trinajstić information content (AvgIpc) is 3.05. The lowest BCUT2D eigenvalue weighted by atomic mass is 10.2. The van der Waals surface area contributed by atoms with Crippen molar-refractivity contribution in [3.05, 3.63) is 23.8 Å². The third-order valence-corrected chi connectivity index (χ3v) is 5.28. The number of halogens is 8. The Kier molecular flexibility index (Phi) is 5.57. The Balaban J connectivity index is 2.71. The van der Waals surface area contributed by atoms with Crippen LogP contribution < -0.4 is 0 Å². The molecule has 7 nitrogen and oxygen atoms in total. The molecule has 0 atom stereocenters. The van der Waals surface area contributed by atoms with Crippen LogP contribution in [-0.4, -0.2) is 39.8 Å². The van der Waals surface area contributed by atoms with Crippen molar-refractivity contribution < 1.29 is 4.79 Å². The first-order valence-corrected chi connectivity index (χ1v) is 8.28. The van der Waals surface area contributed by atoms with Crippen LogP contribution in [0.1, 0.15) is 11.4 Å². The fraction of sp³-hybridized carbons (Fsp3) is 0.375. The molecule has 0 fully saturated rings. The van der Waals surface area contributed by atoms with Gasteiger partial charge in [0.1, 0.15) is 11.4 Å². The van der Waals surface area contributed by atoms with E-state index in [0.717, 1.165) is 4.68 Å². The number of carbonyl (C=O) groups excluding carboxylic acids is 1. The maximum absolute atomic E-state index is 12.4. The van der Waals surface area contributed by atoms with Gasteiger partial charge in [-0.05, 0) is 0 Å². The molecule has 2 aromatic rings. The Labute approximate surface area is 168 Å². The summed E-state index contributed by atoms with van der Waals surface area (Å²) in [7, 11) is 0. The molecule has 0 unspecified atom stereocenters. The highest BCUT2D eigenvalue weighted by Gasteiger charge is 2.54. The van der Waals surface area contributed by atoms with Gasteiger partial charge in [-0.15, -0.1) is 10.2 Å². The van der Waals surface area contributed by atoms with Crippen LogP contribution in [-0.2, 0) is 8.13 Å². The van der Waals surface area contributed by atoms with Gasteiger partial charge in [-0.25, -0.2) is 4.79 Å². The predicted octanol–water partition coefficient (Wildman–Crippen LogP) is 4.21. The third-order valence-electron chi connectivity index (χ3n) is 2.39. The van der Waals surface area contributed by atoms with Gasteiger partial charge in [0, 0.05) is 0 Å². The van der Waals surface area contributed by atoms with Crippen LogP contribution in [0.25, 0.3) is 0 Å². The minimum absolute atomic E-state index is 0.396. The van der Waals surface area contributed by atoms with Crippen LogP contribution in [0.5, 0.6) is 0 Å². The fourth-order valence-electron chi connectivity index (χ4n) is 1.43. The number of hydrogen-bond donors (Lipinski definition) is 0. The van der Waals surface area contributed by atoms with E-state index in [1.807, 2.05) is 0 Å². The molecule has 0 aliphatic rings. The van der Waals surface area contributed by atoms with E-state index >= 15 is 0 Å². The number of alkyl halides is 8. The van der Waals surface area contributed by atoms with Crippen molar-refractivity contribution in [3.8, 4) is 0 Å². The molecule has 0 saturated carbocycles. The maximum Gasteiger partial charge on any atom is 0.372 e. The van der Waals surface area contributed by atoms with Gasteiger partial charge in [-0.2, -0.15) is 9.36 Å². The zero-order valence-corrected chi connectivity index (χ0v) is 16.3. The molecular weight excluding hydrogens is 480 g/mol. The van der Waals surface area contributed by atoms with E-state index in [1.165, 1.54) is 12.4 Å². The van der Waals surface area contributed by atoms with E-state index < -0.39 is 29.3 Å². The van der Waals surface area contributed by atoms with Gasteiger partial charge in [0.2, 0.25) is 11.9 Å². The molecule has 0 bridgehead atoms. The Morgan fingerprint density at radius 2 is 1.61 bits per heavy atom. The van der Waals surface area contributed by atoms with Crippen molar-refractivity contribution in [3.63, 3.8) is 0 Å². The SMILES string of the molecule is O=C(n1ccnn1)n1nnc(C(Cl)(Cl)Cl)c1C(Cl)(Cl)C(Cl)(Cl)Cl. The molecule has 2 heterocycles. The summed E-state index contributed by atoms with van der Waals surface area (Å²) in [6.45, 7) is 0. The van der Waals surface area contributed by atoms with E-state index in [-0.39, 0.29) is 0 Å². The molecular formula is C8H2Cl8N6O. The van der Waals surface area contributed by atoms with E-state index in [4.69, 9.17) is 92.8 Å². The molecule has 0 spiro atoms. The van der Waals surface area contributed by atoms with Crippen molar-refractivity contribution in [2.45, 2.75) is 11.9 Å². The molecule has 0 aliphatic carbocycles. The molecule has 0 aromatic carbocycles. The van der Waals surface area contributed by atoms with E-state index in [9.17, 15) is 4.79 Å². The zero-order valence-electron chi connectivity index (χ0n) is 10.3. The first-order chi connectivity index (χ1) is 10.4. The molecule has 0 radical (unpaired) electrons. The second-order valence-corrected chi connectivity index (χ2v) is 9.79. The molecule has 0 aliphatic heterocycles. The summed E-state index contributed by atoms with van der Waals surface area (Å²) >= 11 is 46.8. The molecule has 23 heavy (non-hydrogen) atoms. The number of rotatable bonds is 1. The second kappa shape index (κ2) is 6.53. The van der Waals surface area contributed by atoms with Gasteiger partial charge in [0.05, 0.1) is 12.4 Å². The molecule has 0 amide bonds. The van der Waals surface area contributed by atoms with Crippen molar-refractivity contribution >= 4 is 98.8 Å². The lowest BCUT2D eigenvalue weighted by Gasteiger charge is -2.28. The predicted molar refractivity (Wildman–Crippen MR) is 89.1 cm³/mol. The van der Waals surface area contributed by atoms with Gasteiger partial charge < -0.3 is 0 Å². The summed E-state index contributed by atoms with van der Waals surface area (Å²) < 4.78 is -5.42. The van der Waals surface area contributed by atoms with Crippen molar-refractivity contribution in [2.24, 2.45) is 0 Å². The smallest absolute Gasteiger partial charge is 0.243 e. The van der Waals surface area contributed by atoms with Crippen molar-refractivity contribution in [1.29, 1.82) is 0 Å². The molecule has 0 N–H and O–H groups in total. The molecule has 15 heteroatoms. The van der Waals surface area contributed by atoms with Crippen LogP contribution in [0.4, 0.5) is 4.79 Å². The monoisotopic (exact) mass is 478 g/mol. The van der Waals surface area contributed by atoms with Gasteiger partial charge >= 0.3 is 6.03 Å². The van der Waals surface area contributed by atoms with Gasteiger partial charge in [-0.1, -0.05) is 103 Å². The summed E-state index contributed by atoms with van der Waals surface area (Å²) in [6.07, 6.45) is 2.47. The number of nitrogens with zero attached hydrogens (tertiary/aromatic N) is 6. The largest absolute Gasteiger partial charge is 0.372 e.